The zero-order valence-electron chi connectivity index (χ0n) is 18.7. The number of piperidine rings is 1. The van der Waals surface area contributed by atoms with Crippen LogP contribution < -0.4 is 5.32 Å². The standard InChI is InChI=1S/C22H32N4O4S2/c1-3-8-24-11-13-26(14-12-24)32(29,30)17-4-5-19-18(15-17)23-21(27)20(31-19)22(28)25-9-6-16(2)7-10-25/h4-5,15-16,20H,3,6-14H2,1-2H3,(H,23,27)/t20-/m1/s1. The molecule has 0 radical (unpaired) electrons. The van der Waals surface area contributed by atoms with Crippen LogP contribution in [0.25, 0.3) is 0 Å². The van der Waals surface area contributed by atoms with Crippen molar-refractivity contribution in [2.75, 3.05) is 51.1 Å². The fourth-order valence-corrected chi connectivity index (χ4v) is 6.97. The Hall–Kier alpha value is -1.62. The molecule has 0 aliphatic carbocycles. The van der Waals surface area contributed by atoms with Gasteiger partial charge in [0.2, 0.25) is 21.8 Å². The quantitative estimate of drug-likeness (QED) is 0.649. The van der Waals surface area contributed by atoms with Crippen LogP contribution in [0.2, 0.25) is 0 Å². The molecule has 0 unspecified atom stereocenters. The second-order valence-corrected chi connectivity index (χ2v) is 12.0. The maximum atomic E-state index is 13.2. The van der Waals surface area contributed by atoms with E-state index in [1.54, 1.807) is 17.0 Å². The predicted molar refractivity (Wildman–Crippen MR) is 125 cm³/mol. The number of carbonyl (C=O) groups excluding carboxylic acids is 2. The van der Waals surface area contributed by atoms with Crippen LogP contribution in [0.4, 0.5) is 5.69 Å². The van der Waals surface area contributed by atoms with Gasteiger partial charge in [0.05, 0.1) is 10.6 Å². The van der Waals surface area contributed by atoms with Crippen molar-refractivity contribution in [2.45, 2.75) is 48.2 Å². The molecule has 3 heterocycles. The van der Waals surface area contributed by atoms with Crippen molar-refractivity contribution in [3.63, 3.8) is 0 Å². The zero-order chi connectivity index (χ0) is 22.9. The Morgan fingerprint density at radius 1 is 1.12 bits per heavy atom. The summed E-state index contributed by atoms with van der Waals surface area (Å²) in [6, 6.07) is 4.82. The molecule has 32 heavy (non-hydrogen) atoms. The molecule has 0 bridgehead atoms. The van der Waals surface area contributed by atoms with Gasteiger partial charge in [0.15, 0.2) is 5.25 Å². The Labute approximate surface area is 194 Å². The minimum Gasteiger partial charge on any atom is -0.341 e. The van der Waals surface area contributed by atoms with E-state index in [0.717, 1.165) is 43.8 Å². The lowest BCUT2D eigenvalue weighted by Gasteiger charge is -2.34. The first-order valence-electron chi connectivity index (χ1n) is 11.4. The third-order valence-corrected chi connectivity index (χ3v) is 9.68. The summed E-state index contributed by atoms with van der Waals surface area (Å²) >= 11 is 1.21. The number of likely N-dealkylation sites (tertiary alicyclic amines) is 1. The summed E-state index contributed by atoms with van der Waals surface area (Å²) in [5.41, 5.74) is 0.460. The highest BCUT2D eigenvalue weighted by Crippen LogP contribution is 2.38. The highest BCUT2D eigenvalue weighted by Gasteiger charge is 2.37. The van der Waals surface area contributed by atoms with E-state index in [2.05, 4.69) is 24.1 Å². The van der Waals surface area contributed by atoms with Crippen LogP contribution in [-0.2, 0) is 19.6 Å². The predicted octanol–water partition coefficient (Wildman–Crippen LogP) is 2.07. The van der Waals surface area contributed by atoms with Crippen LogP contribution in [0.1, 0.15) is 33.1 Å². The van der Waals surface area contributed by atoms with Gasteiger partial charge in [0.1, 0.15) is 0 Å². The number of hydrogen-bond donors (Lipinski definition) is 1. The number of nitrogens with zero attached hydrogens (tertiary/aromatic N) is 3. The van der Waals surface area contributed by atoms with E-state index in [9.17, 15) is 18.0 Å². The molecular weight excluding hydrogens is 448 g/mol. The molecule has 0 aromatic heterocycles. The van der Waals surface area contributed by atoms with Gasteiger partial charge in [-0.05, 0) is 49.9 Å². The number of piperazine rings is 1. The van der Waals surface area contributed by atoms with E-state index in [1.807, 2.05) is 0 Å². The number of rotatable bonds is 5. The van der Waals surface area contributed by atoms with Crippen molar-refractivity contribution in [1.82, 2.24) is 14.1 Å². The van der Waals surface area contributed by atoms with Gasteiger partial charge in [0.25, 0.3) is 0 Å². The number of carbonyl (C=O) groups is 2. The molecule has 3 aliphatic rings. The van der Waals surface area contributed by atoms with Gasteiger partial charge >= 0.3 is 0 Å². The maximum Gasteiger partial charge on any atom is 0.247 e. The average molecular weight is 481 g/mol. The Bertz CT molecular complexity index is 968. The van der Waals surface area contributed by atoms with Crippen LogP contribution in [0, 0.1) is 5.92 Å². The van der Waals surface area contributed by atoms with E-state index in [0.29, 0.717) is 37.8 Å². The Balaban J connectivity index is 1.46. The molecule has 8 nitrogen and oxygen atoms in total. The van der Waals surface area contributed by atoms with Crippen molar-refractivity contribution in [2.24, 2.45) is 5.92 Å². The summed E-state index contributed by atoms with van der Waals surface area (Å²) in [7, 11) is -3.63. The van der Waals surface area contributed by atoms with Gasteiger partial charge in [0, 0.05) is 44.2 Å². The van der Waals surface area contributed by atoms with Crippen molar-refractivity contribution in [3.8, 4) is 0 Å². The van der Waals surface area contributed by atoms with Gasteiger partial charge in [-0.15, -0.1) is 11.8 Å². The Morgan fingerprint density at radius 3 is 2.47 bits per heavy atom. The summed E-state index contributed by atoms with van der Waals surface area (Å²) in [6.07, 6.45) is 2.96. The van der Waals surface area contributed by atoms with E-state index < -0.39 is 15.3 Å². The molecule has 0 spiro atoms. The molecule has 2 amide bonds. The molecular formula is C22H32N4O4S2. The maximum absolute atomic E-state index is 13.2. The Morgan fingerprint density at radius 2 is 1.81 bits per heavy atom. The number of benzene rings is 1. The minimum absolute atomic E-state index is 0.160. The summed E-state index contributed by atoms with van der Waals surface area (Å²) in [5.74, 6) is 0.0585. The summed E-state index contributed by atoms with van der Waals surface area (Å²) in [6.45, 7) is 9.01. The smallest absolute Gasteiger partial charge is 0.247 e. The van der Waals surface area contributed by atoms with Crippen LogP contribution in [0.3, 0.4) is 0 Å². The second kappa shape index (κ2) is 9.70. The first kappa shape index (κ1) is 23.5. The number of fused-ring (bicyclic) bond motifs is 1. The van der Waals surface area contributed by atoms with Gasteiger partial charge in [-0.3, -0.25) is 9.59 Å². The molecule has 3 aliphatic heterocycles. The highest BCUT2D eigenvalue weighted by molar-refractivity contribution is 8.01. The molecule has 176 valence electrons. The summed E-state index contributed by atoms with van der Waals surface area (Å²) in [4.78, 5) is 30.6. The summed E-state index contributed by atoms with van der Waals surface area (Å²) in [5, 5.41) is 1.95. The number of amides is 2. The van der Waals surface area contributed by atoms with E-state index in [1.165, 1.54) is 22.1 Å². The van der Waals surface area contributed by atoms with Crippen LogP contribution in [0.15, 0.2) is 28.0 Å². The van der Waals surface area contributed by atoms with Crippen LogP contribution in [0.5, 0.6) is 0 Å². The third kappa shape index (κ3) is 4.83. The molecule has 2 fully saturated rings. The normalized spacial score (nSPS) is 23.6. The monoisotopic (exact) mass is 480 g/mol. The van der Waals surface area contributed by atoms with Crippen LogP contribution in [-0.4, -0.2) is 85.4 Å². The molecule has 0 saturated carbocycles. The lowest BCUT2D eigenvalue weighted by Crippen LogP contribution is -2.48. The molecule has 1 atom stereocenters. The van der Waals surface area contributed by atoms with Gasteiger partial charge in [-0.1, -0.05) is 13.8 Å². The lowest BCUT2D eigenvalue weighted by atomic mass is 9.99. The SMILES string of the molecule is CCCN1CCN(S(=O)(=O)c2ccc3c(c2)NC(=O)[C@H](C(=O)N2CCC(C)CC2)S3)CC1. The highest BCUT2D eigenvalue weighted by atomic mass is 32.2. The van der Waals surface area contributed by atoms with Crippen molar-refractivity contribution < 1.29 is 18.0 Å². The topological polar surface area (TPSA) is 90.0 Å². The molecule has 10 heteroatoms. The fourth-order valence-electron chi connectivity index (χ4n) is 4.46. The van der Waals surface area contributed by atoms with E-state index in [-0.39, 0.29) is 16.7 Å². The molecule has 1 N–H and O–H groups in total. The largest absolute Gasteiger partial charge is 0.341 e. The minimum atomic E-state index is -3.63. The molecule has 1 aromatic rings. The zero-order valence-corrected chi connectivity index (χ0v) is 20.4. The number of hydrogen-bond acceptors (Lipinski definition) is 6. The van der Waals surface area contributed by atoms with Crippen molar-refractivity contribution in [3.05, 3.63) is 18.2 Å². The molecule has 1 aromatic carbocycles. The fraction of sp³-hybridized carbons (Fsp3) is 0.636. The van der Waals surface area contributed by atoms with E-state index >= 15 is 0 Å². The van der Waals surface area contributed by atoms with E-state index in [4.69, 9.17) is 0 Å². The average Bonchev–Trinajstić information content (AvgIpc) is 2.79. The molecule has 2 saturated heterocycles. The number of thioether (sulfide) groups is 1. The first-order valence-corrected chi connectivity index (χ1v) is 13.7. The van der Waals surface area contributed by atoms with Gasteiger partial charge in [-0.25, -0.2) is 8.42 Å². The van der Waals surface area contributed by atoms with Crippen LogP contribution >= 0.6 is 11.8 Å². The first-order chi connectivity index (χ1) is 15.3. The van der Waals surface area contributed by atoms with Crippen molar-refractivity contribution in [1.29, 1.82) is 0 Å². The number of nitrogens with one attached hydrogen (secondary N) is 1. The third-order valence-electron chi connectivity index (χ3n) is 6.52. The van der Waals surface area contributed by atoms with Gasteiger partial charge < -0.3 is 15.1 Å². The number of sulfonamides is 1. The van der Waals surface area contributed by atoms with Gasteiger partial charge in [-0.2, -0.15) is 4.31 Å². The summed E-state index contributed by atoms with van der Waals surface area (Å²) < 4.78 is 27.8. The van der Waals surface area contributed by atoms with Crippen molar-refractivity contribution >= 4 is 39.3 Å². The second-order valence-electron chi connectivity index (χ2n) is 8.90. The Kier molecular flexibility index (Phi) is 7.14. The molecule has 4 rings (SSSR count). The number of anilines is 1. The lowest BCUT2D eigenvalue weighted by molar-refractivity contribution is -0.135.